The number of imidazole rings is 1. The number of hydrogen-bond donors (Lipinski definition) is 1. The predicted octanol–water partition coefficient (Wildman–Crippen LogP) is 3.88. The molecule has 5 heteroatoms. The number of nitrogens with zero attached hydrogens (tertiary/aromatic N) is 3. The maximum atomic E-state index is 4.56. The van der Waals surface area contributed by atoms with Gasteiger partial charge in [0.2, 0.25) is 5.78 Å². The molecule has 0 unspecified atom stereocenters. The third-order valence-electron chi connectivity index (χ3n) is 4.18. The molecule has 2 heterocycles. The number of thioether (sulfide) groups is 1. The summed E-state index contributed by atoms with van der Waals surface area (Å²) in [5.41, 5.74) is 2.17. The van der Waals surface area contributed by atoms with Crippen molar-refractivity contribution in [2.75, 3.05) is 5.75 Å². The number of rotatable bonds is 3. The number of para-hydroxylation sites is 2. The highest BCUT2D eigenvalue weighted by atomic mass is 32.2. The standard InChI is InChI=1S/C15H18N4S/c1-2-6-11(7-3-1)10-20-15-18-17-14-16-12-8-4-5-9-13(12)19(14)15/h4-5,8-9,11H,1-3,6-7,10H2,(H,16,17). The second-order valence-electron chi connectivity index (χ2n) is 5.58. The van der Waals surface area contributed by atoms with Crippen LogP contribution in [0.1, 0.15) is 32.1 Å². The maximum absolute atomic E-state index is 4.56. The summed E-state index contributed by atoms with van der Waals surface area (Å²) in [5, 5.41) is 8.52. The monoisotopic (exact) mass is 286 g/mol. The van der Waals surface area contributed by atoms with Crippen molar-refractivity contribution in [2.24, 2.45) is 5.92 Å². The summed E-state index contributed by atoms with van der Waals surface area (Å²) in [6.07, 6.45) is 6.97. The summed E-state index contributed by atoms with van der Waals surface area (Å²) < 4.78 is 2.14. The molecule has 1 aromatic carbocycles. The van der Waals surface area contributed by atoms with Gasteiger partial charge in [0.25, 0.3) is 0 Å². The fourth-order valence-corrected chi connectivity index (χ4v) is 4.23. The summed E-state index contributed by atoms with van der Waals surface area (Å²) in [6, 6.07) is 8.23. The molecule has 0 bridgehead atoms. The molecule has 104 valence electrons. The van der Waals surface area contributed by atoms with Crippen LogP contribution >= 0.6 is 11.8 Å². The molecule has 4 nitrogen and oxygen atoms in total. The van der Waals surface area contributed by atoms with Crippen LogP contribution in [0.4, 0.5) is 0 Å². The highest BCUT2D eigenvalue weighted by Crippen LogP contribution is 2.30. The highest BCUT2D eigenvalue weighted by molar-refractivity contribution is 7.99. The average Bonchev–Trinajstić information content (AvgIpc) is 3.05. The first-order valence-corrected chi connectivity index (χ1v) is 8.35. The van der Waals surface area contributed by atoms with Gasteiger partial charge in [-0.1, -0.05) is 43.2 Å². The van der Waals surface area contributed by atoms with Crippen LogP contribution in [0, 0.1) is 5.92 Å². The van der Waals surface area contributed by atoms with Crippen LogP contribution in [-0.2, 0) is 0 Å². The molecule has 2 aromatic heterocycles. The van der Waals surface area contributed by atoms with Crippen LogP contribution in [0.5, 0.6) is 0 Å². The zero-order valence-electron chi connectivity index (χ0n) is 11.4. The van der Waals surface area contributed by atoms with Gasteiger partial charge in [-0.25, -0.2) is 10.1 Å². The molecule has 0 aliphatic heterocycles. The molecule has 1 saturated carbocycles. The highest BCUT2D eigenvalue weighted by Gasteiger charge is 2.16. The normalized spacial score (nSPS) is 17.2. The lowest BCUT2D eigenvalue weighted by atomic mass is 9.91. The zero-order chi connectivity index (χ0) is 13.4. The Hall–Kier alpha value is -1.49. The minimum atomic E-state index is 0.845. The van der Waals surface area contributed by atoms with Gasteiger partial charge in [0, 0.05) is 5.75 Å². The molecule has 0 atom stereocenters. The first-order valence-electron chi connectivity index (χ1n) is 7.36. The summed E-state index contributed by atoms with van der Waals surface area (Å²) in [4.78, 5) is 4.56. The molecule has 1 aliphatic rings. The van der Waals surface area contributed by atoms with E-state index < -0.39 is 0 Å². The molecular formula is C15H18N4S. The number of hydrogen-bond acceptors (Lipinski definition) is 3. The quantitative estimate of drug-likeness (QED) is 0.743. The van der Waals surface area contributed by atoms with E-state index in [9.17, 15) is 0 Å². The van der Waals surface area contributed by atoms with Crippen molar-refractivity contribution in [3.05, 3.63) is 24.3 Å². The molecule has 0 saturated heterocycles. The molecule has 1 N–H and O–H groups in total. The topological polar surface area (TPSA) is 46.0 Å². The van der Waals surface area contributed by atoms with Crippen LogP contribution in [0.15, 0.2) is 29.4 Å². The van der Waals surface area contributed by atoms with Gasteiger partial charge < -0.3 is 0 Å². The van der Waals surface area contributed by atoms with Crippen LogP contribution < -0.4 is 0 Å². The Morgan fingerprint density at radius 1 is 1.20 bits per heavy atom. The molecule has 0 spiro atoms. The first kappa shape index (κ1) is 12.3. The molecule has 1 aliphatic carbocycles. The number of nitrogens with one attached hydrogen (secondary N) is 1. The van der Waals surface area contributed by atoms with Crippen LogP contribution in [0.3, 0.4) is 0 Å². The second kappa shape index (κ2) is 5.13. The smallest absolute Gasteiger partial charge is 0.231 e. The Kier molecular flexibility index (Phi) is 3.14. The molecule has 20 heavy (non-hydrogen) atoms. The van der Waals surface area contributed by atoms with Crippen molar-refractivity contribution >= 4 is 28.6 Å². The third-order valence-corrected chi connectivity index (χ3v) is 5.35. The van der Waals surface area contributed by atoms with E-state index in [4.69, 9.17) is 0 Å². The number of fused-ring (bicyclic) bond motifs is 3. The van der Waals surface area contributed by atoms with Gasteiger partial charge in [0.05, 0.1) is 11.0 Å². The zero-order valence-corrected chi connectivity index (χ0v) is 12.2. The third kappa shape index (κ3) is 2.10. The fourth-order valence-electron chi connectivity index (χ4n) is 3.09. The molecule has 0 amide bonds. The van der Waals surface area contributed by atoms with E-state index in [0.717, 1.165) is 27.9 Å². The SMILES string of the molecule is c1ccc2c(c1)nc1[nH]nc(SCC3CCCCC3)n12. The van der Waals surface area contributed by atoms with Crippen molar-refractivity contribution < 1.29 is 0 Å². The summed E-state index contributed by atoms with van der Waals surface area (Å²) in [5.74, 6) is 2.87. The van der Waals surface area contributed by atoms with Gasteiger partial charge >= 0.3 is 0 Å². The Bertz CT molecular complexity index is 724. The van der Waals surface area contributed by atoms with E-state index in [1.165, 1.54) is 37.9 Å². The molecule has 3 aromatic rings. The number of benzene rings is 1. The van der Waals surface area contributed by atoms with Crippen molar-refractivity contribution in [1.29, 1.82) is 0 Å². The average molecular weight is 286 g/mol. The second-order valence-corrected chi connectivity index (χ2v) is 6.57. The predicted molar refractivity (Wildman–Crippen MR) is 82.1 cm³/mol. The van der Waals surface area contributed by atoms with E-state index in [1.54, 1.807) is 0 Å². The van der Waals surface area contributed by atoms with Gasteiger partial charge in [-0.15, -0.1) is 5.10 Å². The number of H-pyrrole nitrogens is 1. The molecule has 4 rings (SSSR count). The fraction of sp³-hybridized carbons (Fsp3) is 0.467. The number of aromatic nitrogens is 4. The lowest BCUT2D eigenvalue weighted by Crippen LogP contribution is -2.08. The van der Waals surface area contributed by atoms with Crippen molar-refractivity contribution in [3.8, 4) is 0 Å². The summed E-state index contributed by atoms with van der Waals surface area (Å²) in [7, 11) is 0. The lowest BCUT2D eigenvalue weighted by molar-refractivity contribution is 0.390. The van der Waals surface area contributed by atoms with Crippen LogP contribution in [-0.4, -0.2) is 25.3 Å². The molecular weight excluding hydrogens is 268 g/mol. The largest absolute Gasteiger partial charge is 0.254 e. The van der Waals surface area contributed by atoms with Crippen LogP contribution in [0.2, 0.25) is 0 Å². The van der Waals surface area contributed by atoms with Crippen LogP contribution in [0.25, 0.3) is 16.8 Å². The minimum absolute atomic E-state index is 0.845. The van der Waals surface area contributed by atoms with E-state index in [2.05, 4.69) is 31.7 Å². The van der Waals surface area contributed by atoms with Gasteiger partial charge in [-0.2, -0.15) is 0 Å². The minimum Gasteiger partial charge on any atom is -0.254 e. The van der Waals surface area contributed by atoms with Crippen molar-refractivity contribution in [1.82, 2.24) is 19.6 Å². The van der Waals surface area contributed by atoms with Crippen molar-refractivity contribution in [3.63, 3.8) is 0 Å². The first-order chi connectivity index (χ1) is 9.92. The molecule has 1 fully saturated rings. The van der Waals surface area contributed by atoms with Gasteiger partial charge in [0.15, 0.2) is 5.16 Å². The Morgan fingerprint density at radius 3 is 2.95 bits per heavy atom. The summed E-state index contributed by atoms with van der Waals surface area (Å²) >= 11 is 1.86. The Labute approximate surface area is 122 Å². The van der Waals surface area contributed by atoms with E-state index in [0.29, 0.717) is 0 Å². The van der Waals surface area contributed by atoms with Gasteiger partial charge in [-0.05, 0) is 30.9 Å². The van der Waals surface area contributed by atoms with Crippen molar-refractivity contribution in [2.45, 2.75) is 37.3 Å². The van der Waals surface area contributed by atoms with Gasteiger partial charge in [0.1, 0.15) is 0 Å². The summed E-state index contributed by atoms with van der Waals surface area (Å²) in [6.45, 7) is 0. The molecule has 0 radical (unpaired) electrons. The van der Waals surface area contributed by atoms with E-state index in [1.807, 2.05) is 23.9 Å². The van der Waals surface area contributed by atoms with Gasteiger partial charge in [-0.3, -0.25) is 4.40 Å². The lowest BCUT2D eigenvalue weighted by Gasteiger charge is -2.20. The Balaban J connectivity index is 1.62. The maximum Gasteiger partial charge on any atom is 0.231 e. The van der Waals surface area contributed by atoms with E-state index >= 15 is 0 Å². The number of aromatic amines is 1. The van der Waals surface area contributed by atoms with E-state index in [-0.39, 0.29) is 0 Å². The Morgan fingerprint density at radius 2 is 2.05 bits per heavy atom.